The normalized spacial score (nSPS) is 10.2. The monoisotopic (exact) mass is 234 g/mol. The van der Waals surface area contributed by atoms with Crippen LogP contribution in [0.3, 0.4) is 0 Å². The number of amides is 2. The van der Waals surface area contributed by atoms with Crippen LogP contribution in [0.2, 0.25) is 0 Å². The molecular formula is C13H18N2O2. The number of benzene rings is 1. The topological polar surface area (TPSA) is 86.2 Å². The zero-order chi connectivity index (χ0) is 12.8. The van der Waals surface area contributed by atoms with Crippen LogP contribution in [0.25, 0.3) is 0 Å². The quantitative estimate of drug-likeness (QED) is 0.733. The highest BCUT2D eigenvalue weighted by Gasteiger charge is 2.10. The molecule has 1 aromatic rings. The second-order valence-electron chi connectivity index (χ2n) is 4.06. The van der Waals surface area contributed by atoms with Gasteiger partial charge >= 0.3 is 0 Å². The molecule has 4 N–H and O–H groups in total. The van der Waals surface area contributed by atoms with Crippen molar-refractivity contribution in [2.45, 2.75) is 32.6 Å². The molecule has 0 saturated carbocycles. The molecule has 4 heteroatoms. The van der Waals surface area contributed by atoms with Gasteiger partial charge in [0.05, 0.1) is 0 Å². The van der Waals surface area contributed by atoms with Crippen LogP contribution in [0.4, 0.5) is 0 Å². The van der Waals surface area contributed by atoms with E-state index in [-0.39, 0.29) is 0 Å². The van der Waals surface area contributed by atoms with Crippen LogP contribution < -0.4 is 11.5 Å². The zero-order valence-corrected chi connectivity index (χ0v) is 10.0. The van der Waals surface area contributed by atoms with Crippen LogP contribution in [-0.4, -0.2) is 11.8 Å². The second-order valence-corrected chi connectivity index (χ2v) is 4.06. The first-order chi connectivity index (χ1) is 8.06. The van der Waals surface area contributed by atoms with Crippen LogP contribution >= 0.6 is 0 Å². The summed E-state index contributed by atoms with van der Waals surface area (Å²) in [5.74, 6) is -0.953. The summed E-state index contributed by atoms with van der Waals surface area (Å²) >= 11 is 0. The average molecular weight is 234 g/mol. The predicted octanol–water partition coefficient (Wildman–Crippen LogP) is 1.62. The molecule has 1 aromatic carbocycles. The molecule has 0 saturated heterocycles. The van der Waals surface area contributed by atoms with E-state index in [9.17, 15) is 9.59 Å². The minimum absolute atomic E-state index is 0.418. The van der Waals surface area contributed by atoms with Gasteiger partial charge in [0.1, 0.15) is 0 Å². The molecule has 0 radical (unpaired) electrons. The van der Waals surface area contributed by atoms with Crippen LogP contribution in [0.5, 0.6) is 0 Å². The van der Waals surface area contributed by atoms with Gasteiger partial charge in [-0.3, -0.25) is 9.59 Å². The number of carbonyl (C=O) groups excluding carboxylic acids is 2. The molecule has 0 aliphatic heterocycles. The van der Waals surface area contributed by atoms with Gasteiger partial charge in [-0.05, 0) is 36.6 Å². The summed E-state index contributed by atoms with van der Waals surface area (Å²) in [6.07, 6.45) is 3.90. The number of carbonyl (C=O) groups is 2. The molecule has 0 aliphatic carbocycles. The van der Waals surface area contributed by atoms with Crippen LogP contribution in [0, 0.1) is 0 Å². The Morgan fingerprint density at radius 1 is 1.12 bits per heavy atom. The van der Waals surface area contributed by atoms with E-state index in [2.05, 4.69) is 6.92 Å². The van der Waals surface area contributed by atoms with E-state index in [1.54, 1.807) is 12.1 Å². The van der Waals surface area contributed by atoms with Crippen LogP contribution in [-0.2, 0) is 6.42 Å². The first kappa shape index (κ1) is 13.2. The van der Waals surface area contributed by atoms with Gasteiger partial charge in [-0.2, -0.15) is 0 Å². The van der Waals surface area contributed by atoms with E-state index >= 15 is 0 Å². The van der Waals surface area contributed by atoms with E-state index in [4.69, 9.17) is 11.5 Å². The minimum atomic E-state index is -0.488. The predicted molar refractivity (Wildman–Crippen MR) is 66.7 cm³/mol. The fourth-order valence-corrected chi connectivity index (χ4v) is 1.76. The molecule has 0 atom stereocenters. The van der Waals surface area contributed by atoms with E-state index < -0.39 is 11.8 Å². The van der Waals surface area contributed by atoms with E-state index in [1.807, 2.05) is 0 Å². The lowest BCUT2D eigenvalue weighted by Gasteiger charge is -2.08. The molecular weight excluding hydrogens is 216 g/mol. The van der Waals surface area contributed by atoms with Crippen molar-refractivity contribution in [2.75, 3.05) is 0 Å². The summed E-state index contributed by atoms with van der Waals surface area (Å²) in [4.78, 5) is 22.3. The average Bonchev–Trinajstić information content (AvgIpc) is 2.28. The Labute approximate surface area is 101 Å². The Morgan fingerprint density at radius 3 is 2.35 bits per heavy atom. The smallest absolute Gasteiger partial charge is 0.248 e. The minimum Gasteiger partial charge on any atom is -0.366 e. The molecule has 92 valence electrons. The maximum absolute atomic E-state index is 11.2. The van der Waals surface area contributed by atoms with Gasteiger partial charge in [-0.25, -0.2) is 0 Å². The first-order valence-corrected chi connectivity index (χ1v) is 5.78. The van der Waals surface area contributed by atoms with Crippen LogP contribution in [0.15, 0.2) is 18.2 Å². The maximum Gasteiger partial charge on any atom is 0.248 e. The third-order valence-electron chi connectivity index (χ3n) is 2.70. The highest BCUT2D eigenvalue weighted by molar-refractivity contribution is 5.97. The van der Waals surface area contributed by atoms with Gasteiger partial charge in [-0.15, -0.1) is 0 Å². The van der Waals surface area contributed by atoms with Crippen molar-refractivity contribution in [3.05, 3.63) is 34.9 Å². The highest BCUT2D eigenvalue weighted by Crippen LogP contribution is 2.15. The molecule has 2 amide bonds. The molecule has 0 unspecified atom stereocenters. The Kier molecular flexibility index (Phi) is 4.69. The number of nitrogens with two attached hydrogens (primary N) is 2. The van der Waals surface area contributed by atoms with Crippen molar-refractivity contribution < 1.29 is 9.59 Å². The second kappa shape index (κ2) is 6.03. The Morgan fingerprint density at radius 2 is 1.82 bits per heavy atom. The Bertz CT molecular complexity index is 427. The summed E-state index contributed by atoms with van der Waals surface area (Å²) in [5.41, 5.74) is 12.2. The molecule has 0 aliphatic rings. The van der Waals surface area contributed by atoms with Gasteiger partial charge < -0.3 is 11.5 Å². The van der Waals surface area contributed by atoms with Crippen molar-refractivity contribution >= 4 is 11.8 Å². The highest BCUT2D eigenvalue weighted by atomic mass is 16.1. The lowest BCUT2D eigenvalue weighted by molar-refractivity contribution is 0.0987. The van der Waals surface area contributed by atoms with Gasteiger partial charge in [0, 0.05) is 11.1 Å². The van der Waals surface area contributed by atoms with Crippen molar-refractivity contribution in [3.8, 4) is 0 Å². The Hall–Kier alpha value is -1.84. The number of rotatable bonds is 6. The summed E-state index contributed by atoms with van der Waals surface area (Å²) in [6, 6.07) is 4.77. The molecule has 0 spiro atoms. The zero-order valence-electron chi connectivity index (χ0n) is 10.0. The fourth-order valence-electron chi connectivity index (χ4n) is 1.76. The third kappa shape index (κ3) is 3.59. The van der Waals surface area contributed by atoms with E-state index in [0.717, 1.165) is 31.2 Å². The van der Waals surface area contributed by atoms with Gasteiger partial charge in [0.2, 0.25) is 11.8 Å². The van der Waals surface area contributed by atoms with Crippen molar-refractivity contribution in [3.63, 3.8) is 0 Å². The fraction of sp³-hybridized carbons (Fsp3) is 0.385. The summed E-state index contributed by atoms with van der Waals surface area (Å²) in [7, 11) is 0. The van der Waals surface area contributed by atoms with Gasteiger partial charge in [0.15, 0.2) is 0 Å². The molecule has 0 heterocycles. The standard InChI is InChI=1S/C13H18N2O2/c1-2-3-4-5-9-8-10(12(14)16)6-7-11(9)13(15)17/h6-8H,2-5H2,1H3,(H2,14,16)(H2,15,17). The van der Waals surface area contributed by atoms with Crippen LogP contribution in [0.1, 0.15) is 52.5 Å². The molecule has 0 bridgehead atoms. The molecule has 1 rings (SSSR count). The van der Waals surface area contributed by atoms with Crippen molar-refractivity contribution in [1.82, 2.24) is 0 Å². The summed E-state index contributed by atoms with van der Waals surface area (Å²) in [5, 5.41) is 0. The van der Waals surface area contributed by atoms with Gasteiger partial charge in [-0.1, -0.05) is 19.8 Å². The third-order valence-corrected chi connectivity index (χ3v) is 2.70. The lowest BCUT2D eigenvalue weighted by atomic mass is 9.98. The molecule has 4 nitrogen and oxygen atoms in total. The maximum atomic E-state index is 11.2. The SMILES string of the molecule is CCCCCc1cc(C(N)=O)ccc1C(N)=O. The number of aryl methyl sites for hydroxylation is 1. The lowest BCUT2D eigenvalue weighted by Crippen LogP contribution is -2.16. The number of primary amides is 2. The van der Waals surface area contributed by atoms with Crippen molar-refractivity contribution in [2.24, 2.45) is 11.5 Å². The largest absolute Gasteiger partial charge is 0.366 e. The summed E-state index contributed by atoms with van der Waals surface area (Å²) < 4.78 is 0. The molecule has 17 heavy (non-hydrogen) atoms. The van der Waals surface area contributed by atoms with Gasteiger partial charge in [0.25, 0.3) is 0 Å². The Balaban J connectivity index is 2.98. The van der Waals surface area contributed by atoms with E-state index in [0.29, 0.717) is 11.1 Å². The first-order valence-electron chi connectivity index (χ1n) is 5.78. The number of hydrogen-bond donors (Lipinski definition) is 2. The van der Waals surface area contributed by atoms with Crippen molar-refractivity contribution in [1.29, 1.82) is 0 Å². The van der Waals surface area contributed by atoms with E-state index in [1.165, 1.54) is 6.07 Å². The number of unbranched alkanes of at least 4 members (excludes halogenated alkanes) is 2. The molecule has 0 aromatic heterocycles. The summed E-state index contributed by atoms with van der Waals surface area (Å²) in [6.45, 7) is 2.11. The number of hydrogen-bond acceptors (Lipinski definition) is 2. The molecule has 0 fully saturated rings.